The van der Waals surface area contributed by atoms with Gasteiger partial charge in [0.1, 0.15) is 6.04 Å². The summed E-state index contributed by atoms with van der Waals surface area (Å²) in [5, 5.41) is 3.07. The first-order valence-corrected chi connectivity index (χ1v) is 11.8. The van der Waals surface area contributed by atoms with Crippen LogP contribution in [-0.4, -0.2) is 29.3 Å². The number of carbonyl (C=O) groups excluding carboxylic acids is 2. The normalized spacial score (nSPS) is 11.6. The number of hydrogen-bond acceptors (Lipinski definition) is 2. The van der Waals surface area contributed by atoms with Crippen molar-refractivity contribution in [2.24, 2.45) is 0 Å². The first kappa shape index (κ1) is 24.2. The third-order valence-corrected chi connectivity index (χ3v) is 5.90. The van der Waals surface area contributed by atoms with E-state index in [-0.39, 0.29) is 18.2 Å². The SMILES string of the molecule is CCCCNC(=O)[C@@H](Cc1ccccc1)N(Cc1ccccc1)C(=O)Cc1ccccc1C. The molecule has 0 aliphatic rings. The third kappa shape index (κ3) is 7.31. The van der Waals surface area contributed by atoms with Gasteiger partial charge in [-0.25, -0.2) is 0 Å². The van der Waals surface area contributed by atoms with Crippen LogP contribution in [0.15, 0.2) is 84.9 Å². The third-order valence-electron chi connectivity index (χ3n) is 5.90. The second-order valence-corrected chi connectivity index (χ2v) is 8.46. The number of unbranched alkanes of at least 4 members (excludes halogenated alkanes) is 1. The molecule has 0 fully saturated rings. The average Bonchev–Trinajstić information content (AvgIpc) is 2.84. The highest BCUT2D eigenvalue weighted by molar-refractivity contribution is 5.89. The maximum atomic E-state index is 13.7. The molecular formula is C29H34N2O2. The lowest BCUT2D eigenvalue weighted by Crippen LogP contribution is -2.51. The lowest BCUT2D eigenvalue weighted by Gasteiger charge is -2.32. The summed E-state index contributed by atoms with van der Waals surface area (Å²) in [4.78, 5) is 28.8. The average molecular weight is 443 g/mol. The standard InChI is InChI=1S/C29H34N2O2/c1-3-4-19-30-29(33)27(20-24-14-7-5-8-15-24)31(22-25-16-9-6-10-17-25)28(32)21-26-18-12-11-13-23(26)2/h5-18,27H,3-4,19-22H2,1-2H3,(H,30,33)/t27-/m1/s1. The molecule has 0 bridgehead atoms. The van der Waals surface area contributed by atoms with E-state index in [0.717, 1.165) is 35.1 Å². The Morgan fingerprint density at radius 3 is 2.09 bits per heavy atom. The van der Waals surface area contributed by atoms with Crippen LogP contribution in [0.5, 0.6) is 0 Å². The number of hydrogen-bond donors (Lipinski definition) is 1. The monoisotopic (exact) mass is 442 g/mol. The lowest BCUT2D eigenvalue weighted by molar-refractivity contribution is -0.140. The van der Waals surface area contributed by atoms with Gasteiger partial charge in [-0.15, -0.1) is 0 Å². The molecule has 0 unspecified atom stereocenters. The summed E-state index contributed by atoms with van der Waals surface area (Å²) in [5.41, 5.74) is 4.12. The molecule has 172 valence electrons. The van der Waals surface area contributed by atoms with Gasteiger partial charge in [0.15, 0.2) is 0 Å². The Kier molecular flexibility index (Phi) is 9.25. The van der Waals surface area contributed by atoms with E-state index in [0.29, 0.717) is 19.5 Å². The maximum Gasteiger partial charge on any atom is 0.243 e. The van der Waals surface area contributed by atoms with E-state index in [1.165, 1.54) is 0 Å². The van der Waals surface area contributed by atoms with Crippen LogP contribution >= 0.6 is 0 Å². The fourth-order valence-electron chi connectivity index (χ4n) is 3.91. The number of nitrogens with one attached hydrogen (secondary N) is 1. The molecule has 33 heavy (non-hydrogen) atoms. The lowest BCUT2D eigenvalue weighted by atomic mass is 10.00. The van der Waals surface area contributed by atoms with E-state index in [1.54, 1.807) is 4.90 Å². The highest BCUT2D eigenvalue weighted by Crippen LogP contribution is 2.17. The molecule has 0 aliphatic heterocycles. The Morgan fingerprint density at radius 2 is 1.45 bits per heavy atom. The minimum atomic E-state index is -0.582. The van der Waals surface area contributed by atoms with E-state index in [1.807, 2.05) is 91.9 Å². The number of amides is 2. The van der Waals surface area contributed by atoms with E-state index in [2.05, 4.69) is 12.2 Å². The predicted octanol–water partition coefficient (Wildman–Crippen LogP) is 5.09. The molecule has 1 atom stereocenters. The van der Waals surface area contributed by atoms with Crippen LogP contribution in [0.1, 0.15) is 42.0 Å². The fourth-order valence-corrected chi connectivity index (χ4v) is 3.91. The molecule has 3 rings (SSSR count). The van der Waals surface area contributed by atoms with Gasteiger partial charge in [-0.1, -0.05) is 98.3 Å². The van der Waals surface area contributed by atoms with Gasteiger partial charge in [0.05, 0.1) is 6.42 Å². The molecule has 0 heterocycles. The molecule has 4 heteroatoms. The zero-order valence-corrected chi connectivity index (χ0v) is 19.7. The molecule has 3 aromatic rings. The van der Waals surface area contributed by atoms with Crippen LogP contribution in [0.4, 0.5) is 0 Å². The fraction of sp³-hybridized carbons (Fsp3) is 0.310. The number of rotatable bonds is 11. The van der Waals surface area contributed by atoms with Gasteiger partial charge in [0.25, 0.3) is 0 Å². The van der Waals surface area contributed by atoms with Crippen molar-refractivity contribution in [3.05, 3.63) is 107 Å². The molecule has 0 saturated carbocycles. The minimum absolute atomic E-state index is 0.0419. The van der Waals surface area contributed by atoms with Crippen molar-refractivity contribution in [3.63, 3.8) is 0 Å². The van der Waals surface area contributed by atoms with Gasteiger partial charge in [-0.2, -0.15) is 0 Å². The zero-order chi connectivity index (χ0) is 23.5. The molecule has 0 spiro atoms. The van der Waals surface area contributed by atoms with Crippen LogP contribution in [0, 0.1) is 6.92 Å². The molecular weight excluding hydrogens is 408 g/mol. The van der Waals surface area contributed by atoms with E-state index in [4.69, 9.17) is 0 Å². The Balaban J connectivity index is 1.92. The quantitative estimate of drug-likeness (QED) is 0.420. The molecule has 4 nitrogen and oxygen atoms in total. The summed E-state index contributed by atoms with van der Waals surface area (Å²) in [5.74, 6) is -0.138. The summed E-state index contributed by atoms with van der Waals surface area (Å²) in [6.45, 7) is 5.13. The molecule has 0 aliphatic carbocycles. The zero-order valence-electron chi connectivity index (χ0n) is 19.7. The van der Waals surface area contributed by atoms with Crippen LogP contribution < -0.4 is 5.32 Å². The van der Waals surface area contributed by atoms with Crippen molar-refractivity contribution in [1.29, 1.82) is 0 Å². The Hall–Kier alpha value is -3.40. The van der Waals surface area contributed by atoms with Crippen LogP contribution in [0.3, 0.4) is 0 Å². The highest BCUT2D eigenvalue weighted by Gasteiger charge is 2.30. The summed E-state index contributed by atoms with van der Waals surface area (Å²) in [7, 11) is 0. The number of carbonyl (C=O) groups is 2. The van der Waals surface area contributed by atoms with Crippen molar-refractivity contribution in [2.75, 3.05) is 6.54 Å². The minimum Gasteiger partial charge on any atom is -0.354 e. The summed E-state index contributed by atoms with van der Waals surface area (Å²) in [6, 6.07) is 27.2. The van der Waals surface area contributed by atoms with E-state index in [9.17, 15) is 9.59 Å². The number of nitrogens with zero attached hydrogens (tertiary/aromatic N) is 1. The van der Waals surface area contributed by atoms with Gasteiger partial charge >= 0.3 is 0 Å². The van der Waals surface area contributed by atoms with Crippen LogP contribution in [-0.2, 0) is 29.0 Å². The van der Waals surface area contributed by atoms with Crippen molar-refractivity contribution in [2.45, 2.75) is 52.1 Å². The van der Waals surface area contributed by atoms with E-state index >= 15 is 0 Å². The van der Waals surface area contributed by atoms with Gasteiger partial charge in [-0.05, 0) is 35.6 Å². The van der Waals surface area contributed by atoms with Gasteiger partial charge < -0.3 is 10.2 Å². The molecule has 2 amide bonds. The largest absolute Gasteiger partial charge is 0.354 e. The van der Waals surface area contributed by atoms with Gasteiger partial charge in [-0.3, -0.25) is 9.59 Å². The summed E-state index contributed by atoms with van der Waals surface area (Å²) in [6.07, 6.45) is 2.67. The Labute approximate surface area is 197 Å². The van der Waals surface area contributed by atoms with Crippen molar-refractivity contribution in [1.82, 2.24) is 10.2 Å². The Morgan fingerprint density at radius 1 is 0.848 bits per heavy atom. The highest BCUT2D eigenvalue weighted by atomic mass is 16.2. The summed E-state index contributed by atoms with van der Waals surface area (Å²) < 4.78 is 0. The number of aryl methyl sites for hydroxylation is 1. The first-order chi connectivity index (χ1) is 16.1. The Bertz CT molecular complexity index is 1020. The van der Waals surface area contributed by atoms with Crippen LogP contribution in [0.2, 0.25) is 0 Å². The molecule has 0 radical (unpaired) electrons. The van der Waals surface area contributed by atoms with Crippen LogP contribution in [0.25, 0.3) is 0 Å². The molecule has 3 aromatic carbocycles. The molecule has 1 N–H and O–H groups in total. The first-order valence-electron chi connectivity index (χ1n) is 11.8. The van der Waals surface area contributed by atoms with Gasteiger partial charge in [0, 0.05) is 19.5 Å². The second-order valence-electron chi connectivity index (χ2n) is 8.46. The smallest absolute Gasteiger partial charge is 0.243 e. The van der Waals surface area contributed by atoms with Crippen molar-refractivity contribution < 1.29 is 9.59 Å². The second kappa shape index (κ2) is 12.6. The predicted molar refractivity (Wildman–Crippen MR) is 134 cm³/mol. The van der Waals surface area contributed by atoms with Crippen molar-refractivity contribution >= 4 is 11.8 Å². The maximum absolute atomic E-state index is 13.7. The summed E-state index contributed by atoms with van der Waals surface area (Å²) >= 11 is 0. The molecule has 0 aromatic heterocycles. The van der Waals surface area contributed by atoms with E-state index < -0.39 is 6.04 Å². The number of benzene rings is 3. The van der Waals surface area contributed by atoms with Gasteiger partial charge in [0.2, 0.25) is 11.8 Å². The molecule has 0 saturated heterocycles. The topological polar surface area (TPSA) is 49.4 Å². The van der Waals surface area contributed by atoms with Crippen molar-refractivity contribution in [3.8, 4) is 0 Å².